The fourth-order valence-electron chi connectivity index (χ4n) is 5.51. The summed E-state index contributed by atoms with van der Waals surface area (Å²) in [6, 6.07) is 41.3. The quantitative estimate of drug-likeness (QED) is 0.347. The molecule has 1 aliphatic heterocycles. The predicted octanol–water partition coefficient (Wildman–Crippen LogP) is 6.38. The Morgan fingerprint density at radius 3 is 1.79 bits per heavy atom. The first-order valence-electron chi connectivity index (χ1n) is 11.6. The summed E-state index contributed by atoms with van der Waals surface area (Å²) in [5.74, 6) is 0. The fraction of sp³-hybridized carbons (Fsp3) is 0.0968. The van der Waals surface area contributed by atoms with Crippen molar-refractivity contribution in [2.75, 3.05) is 6.54 Å². The summed E-state index contributed by atoms with van der Waals surface area (Å²) >= 11 is 0. The van der Waals surface area contributed by atoms with Crippen LogP contribution in [0.4, 0.5) is 0 Å². The molecule has 2 nitrogen and oxygen atoms in total. The van der Waals surface area contributed by atoms with Crippen molar-refractivity contribution in [2.45, 2.75) is 12.0 Å². The molecule has 1 aliphatic rings. The number of fused-ring (bicyclic) bond motifs is 3. The highest BCUT2D eigenvalue weighted by Crippen LogP contribution is 2.51. The van der Waals surface area contributed by atoms with Gasteiger partial charge in [0, 0.05) is 11.0 Å². The SMILES string of the molecule is NCCc1c2n(c3ccccc13)C(c1ccccc1)(c1ccccc1)C=C2c1ccccc1. The summed E-state index contributed by atoms with van der Waals surface area (Å²) in [6.07, 6.45) is 3.31. The number of hydrogen-bond acceptors (Lipinski definition) is 1. The van der Waals surface area contributed by atoms with E-state index in [-0.39, 0.29) is 0 Å². The van der Waals surface area contributed by atoms with Crippen molar-refractivity contribution >= 4 is 16.5 Å². The molecule has 0 fully saturated rings. The average Bonchev–Trinajstić information content (AvgIpc) is 3.41. The normalized spacial score (nSPS) is 14.3. The van der Waals surface area contributed by atoms with Gasteiger partial charge in [-0.05, 0) is 47.4 Å². The molecule has 0 bridgehead atoms. The molecule has 0 saturated heterocycles. The fourth-order valence-corrected chi connectivity index (χ4v) is 5.51. The summed E-state index contributed by atoms with van der Waals surface area (Å²) < 4.78 is 2.56. The molecule has 0 amide bonds. The lowest BCUT2D eigenvalue weighted by Crippen LogP contribution is -2.32. The van der Waals surface area contributed by atoms with E-state index in [4.69, 9.17) is 5.73 Å². The molecule has 0 saturated carbocycles. The van der Waals surface area contributed by atoms with Crippen LogP contribution in [0.25, 0.3) is 16.5 Å². The molecule has 0 spiro atoms. The standard InChI is InChI=1S/C31H26N2/c32-21-20-27-26-18-10-11-19-29(26)33-30(27)28(23-12-4-1-5-13-23)22-31(33,24-14-6-2-7-15-24)25-16-8-3-9-17-25/h1-19,22H,20-21,32H2. The molecule has 0 unspecified atom stereocenters. The number of allylic oxidation sites excluding steroid dienone is 1. The van der Waals surface area contributed by atoms with Crippen LogP contribution >= 0.6 is 0 Å². The van der Waals surface area contributed by atoms with Gasteiger partial charge in [0.15, 0.2) is 0 Å². The minimum atomic E-state index is -0.449. The summed E-state index contributed by atoms with van der Waals surface area (Å²) in [7, 11) is 0. The number of hydrogen-bond donors (Lipinski definition) is 1. The summed E-state index contributed by atoms with van der Waals surface area (Å²) in [5.41, 5.74) is 14.6. The van der Waals surface area contributed by atoms with Gasteiger partial charge in [-0.2, -0.15) is 0 Å². The maximum absolute atomic E-state index is 6.15. The van der Waals surface area contributed by atoms with Gasteiger partial charge in [-0.3, -0.25) is 0 Å². The van der Waals surface area contributed by atoms with Crippen molar-refractivity contribution in [2.24, 2.45) is 5.73 Å². The van der Waals surface area contributed by atoms with Gasteiger partial charge in [0.2, 0.25) is 0 Å². The van der Waals surface area contributed by atoms with Crippen molar-refractivity contribution in [3.63, 3.8) is 0 Å². The van der Waals surface area contributed by atoms with Crippen LogP contribution in [0, 0.1) is 0 Å². The minimum absolute atomic E-state index is 0.449. The molecular formula is C31H26N2. The van der Waals surface area contributed by atoms with Crippen molar-refractivity contribution < 1.29 is 0 Å². The third-order valence-corrected chi connectivity index (χ3v) is 6.85. The molecule has 0 atom stereocenters. The molecule has 5 aromatic rings. The number of nitrogens with zero attached hydrogens (tertiary/aromatic N) is 1. The van der Waals surface area contributed by atoms with Crippen LogP contribution in [0.1, 0.15) is 27.9 Å². The van der Waals surface area contributed by atoms with E-state index in [1.165, 1.54) is 44.4 Å². The third-order valence-electron chi connectivity index (χ3n) is 6.85. The molecule has 33 heavy (non-hydrogen) atoms. The number of para-hydroxylation sites is 1. The van der Waals surface area contributed by atoms with Crippen molar-refractivity contribution in [3.8, 4) is 0 Å². The summed E-state index contributed by atoms with van der Waals surface area (Å²) in [4.78, 5) is 0. The highest BCUT2D eigenvalue weighted by molar-refractivity contribution is 5.97. The van der Waals surface area contributed by atoms with E-state index in [1.807, 2.05) is 0 Å². The molecule has 6 rings (SSSR count). The van der Waals surface area contributed by atoms with Gasteiger partial charge in [-0.1, -0.05) is 109 Å². The first kappa shape index (κ1) is 19.8. The molecular weight excluding hydrogens is 400 g/mol. The Morgan fingerprint density at radius 2 is 1.18 bits per heavy atom. The van der Waals surface area contributed by atoms with Gasteiger partial charge in [0.1, 0.15) is 5.54 Å². The number of aromatic nitrogens is 1. The Hall–Kier alpha value is -3.88. The highest BCUT2D eigenvalue weighted by atomic mass is 15.1. The monoisotopic (exact) mass is 426 g/mol. The van der Waals surface area contributed by atoms with E-state index in [2.05, 4.69) is 126 Å². The zero-order valence-corrected chi connectivity index (χ0v) is 18.5. The van der Waals surface area contributed by atoms with Crippen LogP contribution in [0.3, 0.4) is 0 Å². The lowest BCUT2D eigenvalue weighted by molar-refractivity contribution is 0.567. The zero-order chi connectivity index (χ0) is 22.3. The lowest BCUT2D eigenvalue weighted by atomic mass is 9.82. The van der Waals surface area contributed by atoms with Crippen LogP contribution in [0.2, 0.25) is 0 Å². The molecule has 160 valence electrons. The van der Waals surface area contributed by atoms with Gasteiger partial charge in [0.05, 0.1) is 11.2 Å². The first-order valence-corrected chi connectivity index (χ1v) is 11.6. The van der Waals surface area contributed by atoms with Crippen LogP contribution in [0.5, 0.6) is 0 Å². The maximum atomic E-state index is 6.15. The van der Waals surface area contributed by atoms with E-state index in [0.29, 0.717) is 6.54 Å². The largest absolute Gasteiger partial charge is 0.330 e. The van der Waals surface area contributed by atoms with Crippen molar-refractivity contribution in [1.82, 2.24) is 4.57 Å². The van der Waals surface area contributed by atoms with Gasteiger partial charge < -0.3 is 10.3 Å². The van der Waals surface area contributed by atoms with Crippen LogP contribution in [-0.2, 0) is 12.0 Å². The van der Waals surface area contributed by atoms with E-state index in [0.717, 1.165) is 6.42 Å². The molecule has 0 radical (unpaired) electrons. The van der Waals surface area contributed by atoms with E-state index >= 15 is 0 Å². The van der Waals surface area contributed by atoms with E-state index in [9.17, 15) is 0 Å². The van der Waals surface area contributed by atoms with Gasteiger partial charge >= 0.3 is 0 Å². The Morgan fingerprint density at radius 1 is 0.636 bits per heavy atom. The smallest absolute Gasteiger partial charge is 0.115 e. The lowest BCUT2D eigenvalue weighted by Gasteiger charge is -2.33. The highest BCUT2D eigenvalue weighted by Gasteiger charge is 2.43. The van der Waals surface area contributed by atoms with Gasteiger partial charge in [-0.25, -0.2) is 0 Å². The molecule has 0 aliphatic carbocycles. The Balaban J connectivity index is 1.81. The molecule has 2 heterocycles. The van der Waals surface area contributed by atoms with Crippen LogP contribution < -0.4 is 5.73 Å². The second kappa shape index (κ2) is 7.91. The van der Waals surface area contributed by atoms with E-state index in [1.54, 1.807) is 0 Å². The van der Waals surface area contributed by atoms with Crippen LogP contribution in [-0.4, -0.2) is 11.1 Å². The number of benzene rings is 4. The molecule has 2 heteroatoms. The van der Waals surface area contributed by atoms with Gasteiger partial charge in [0.25, 0.3) is 0 Å². The van der Waals surface area contributed by atoms with E-state index < -0.39 is 5.54 Å². The minimum Gasteiger partial charge on any atom is -0.330 e. The van der Waals surface area contributed by atoms with Gasteiger partial charge in [-0.15, -0.1) is 0 Å². The van der Waals surface area contributed by atoms with Crippen LogP contribution in [0.15, 0.2) is 121 Å². The average molecular weight is 427 g/mol. The summed E-state index contributed by atoms with van der Waals surface area (Å²) in [6.45, 7) is 0.618. The molecule has 4 aromatic carbocycles. The number of rotatable bonds is 5. The maximum Gasteiger partial charge on any atom is 0.115 e. The van der Waals surface area contributed by atoms with Crippen molar-refractivity contribution in [1.29, 1.82) is 0 Å². The Kier molecular flexibility index (Phi) is 4.74. The Labute approximate surface area is 194 Å². The number of nitrogens with two attached hydrogens (primary N) is 1. The topological polar surface area (TPSA) is 30.9 Å². The third kappa shape index (κ3) is 2.92. The first-order chi connectivity index (χ1) is 16.3. The van der Waals surface area contributed by atoms with Crippen molar-refractivity contribution in [3.05, 3.63) is 149 Å². The second-order valence-electron chi connectivity index (χ2n) is 8.64. The zero-order valence-electron chi connectivity index (χ0n) is 18.5. The summed E-state index contributed by atoms with van der Waals surface area (Å²) in [5, 5.41) is 1.29. The second-order valence-corrected chi connectivity index (χ2v) is 8.64. The Bertz CT molecular complexity index is 1410. The molecule has 1 aromatic heterocycles. The predicted molar refractivity (Wildman–Crippen MR) is 137 cm³/mol. The molecule has 2 N–H and O–H groups in total.